The van der Waals surface area contributed by atoms with E-state index in [2.05, 4.69) is 0 Å². The van der Waals surface area contributed by atoms with Crippen LogP contribution in [0.3, 0.4) is 0 Å². The van der Waals surface area contributed by atoms with Gasteiger partial charge in [0.1, 0.15) is 0 Å². The molecule has 3 nitrogen and oxygen atoms in total. The SMILES string of the molecule is CCN(CC(N)=S)C(=O)c1ccc(Cl)c(C)c1. The zero-order valence-electron chi connectivity index (χ0n) is 9.87. The first-order valence-electron chi connectivity index (χ1n) is 5.29. The summed E-state index contributed by atoms with van der Waals surface area (Å²) in [4.78, 5) is 14.1. The van der Waals surface area contributed by atoms with Gasteiger partial charge in [0.15, 0.2) is 0 Å². The van der Waals surface area contributed by atoms with Gasteiger partial charge in [-0.05, 0) is 37.6 Å². The fourth-order valence-corrected chi connectivity index (χ4v) is 1.75. The number of benzene rings is 1. The molecule has 0 aliphatic rings. The number of hydrogen-bond donors (Lipinski definition) is 1. The maximum absolute atomic E-state index is 12.1. The molecule has 0 bridgehead atoms. The Morgan fingerprint density at radius 2 is 2.18 bits per heavy atom. The lowest BCUT2D eigenvalue weighted by atomic mass is 10.1. The summed E-state index contributed by atoms with van der Waals surface area (Å²) in [6.07, 6.45) is 0. The van der Waals surface area contributed by atoms with Crippen LogP contribution < -0.4 is 5.73 Å². The predicted octanol–water partition coefficient (Wildman–Crippen LogP) is 2.40. The number of thiocarbonyl (C=S) groups is 1. The van der Waals surface area contributed by atoms with Crippen molar-refractivity contribution in [2.45, 2.75) is 13.8 Å². The van der Waals surface area contributed by atoms with E-state index in [0.717, 1.165) is 5.56 Å². The van der Waals surface area contributed by atoms with Crippen molar-refractivity contribution in [3.63, 3.8) is 0 Å². The number of rotatable bonds is 4. The highest BCUT2D eigenvalue weighted by Crippen LogP contribution is 2.17. The van der Waals surface area contributed by atoms with Crippen LogP contribution in [0.1, 0.15) is 22.8 Å². The molecule has 1 aromatic carbocycles. The molecule has 0 atom stereocenters. The number of likely N-dealkylation sites (N-methyl/N-ethyl adjacent to an activating group) is 1. The minimum atomic E-state index is -0.0833. The lowest BCUT2D eigenvalue weighted by molar-refractivity contribution is 0.0788. The van der Waals surface area contributed by atoms with Gasteiger partial charge in [-0.3, -0.25) is 4.79 Å². The summed E-state index contributed by atoms with van der Waals surface area (Å²) in [6, 6.07) is 5.20. The second-order valence-corrected chi connectivity index (χ2v) is 4.68. The average Bonchev–Trinajstić information content (AvgIpc) is 2.28. The van der Waals surface area contributed by atoms with Crippen molar-refractivity contribution in [3.8, 4) is 0 Å². The fourth-order valence-electron chi connectivity index (χ4n) is 1.48. The molecule has 1 aromatic rings. The van der Waals surface area contributed by atoms with Crippen LogP contribution in [0.25, 0.3) is 0 Å². The van der Waals surface area contributed by atoms with Crippen molar-refractivity contribution < 1.29 is 4.79 Å². The first-order chi connectivity index (χ1) is 7.95. The van der Waals surface area contributed by atoms with Gasteiger partial charge in [0, 0.05) is 17.1 Å². The molecule has 92 valence electrons. The van der Waals surface area contributed by atoms with E-state index >= 15 is 0 Å². The Balaban J connectivity index is 2.93. The molecule has 0 aromatic heterocycles. The van der Waals surface area contributed by atoms with Crippen molar-refractivity contribution in [2.75, 3.05) is 13.1 Å². The third kappa shape index (κ3) is 3.68. The monoisotopic (exact) mass is 270 g/mol. The first-order valence-corrected chi connectivity index (χ1v) is 6.08. The van der Waals surface area contributed by atoms with Gasteiger partial charge in [0.25, 0.3) is 5.91 Å². The van der Waals surface area contributed by atoms with Gasteiger partial charge in [0.2, 0.25) is 0 Å². The van der Waals surface area contributed by atoms with Crippen LogP contribution in [0.5, 0.6) is 0 Å². The molecule has 0 spiro atoms. The highest BCUT2D eigenvalue weighted by Gasteiger charge is 2.15. The third-order valence-electron chi connectivity index (χ3n) is 2.42. The van der Waals surface area contributed by atoms with Crippen LogP contribution in [-0.2, 0) is 0 Å². The number of nitrogens with two attached hydrogens (primary N) is 1. The number of hydrogen-bond acceptors (Lipinski definition) is 2. The standard InChI is InChI=1S/C12H15ClN2OS/c1-3-15(7-11(14)17)12(16)9-4-5-10(13)8(2)6-9/h4-6H,3,7H2,1-2H3,(H2,14,17). The normalized spacial score (nSPS) is 10.1. The van der Waals surface area contributed by atoms with Gasteiger partial charge in [-0.1, -0.05) is 23.8 Å². The minimum absolute atomic E-state index is 0.0833. The molecule has 0 saturated heterocycles. The lowest BCUT2D eigenvalue weighted by Gasteiger charge is -2.20. The number of carbonyl (C=O) groups excluding carboxylic acids is 1. The molecule has 0 aliphatic heterocycles. The maximum Gasteiger partial charge on any atom is 0.254 e. The Morgan fingerprint density at radius 1 is 1.53 bits per heavy atom. The van der Waals surface area contributed by atoms with Crippen molar-refractivity contribution in [1.29, 1.82) is 0 Å². The van der Waals surface area contributed by atoms with Gasteiger partial charge >= 0.3 is 0 Å². The molecule has 1 rings (SSSR count). The predicted molar refractivity (Wildman–Crippen MR) is 74.6 cm³/mol. The van der Waals surface area contributed by atoms with Gasteiger partial charge < -0.3 is 10.6 Å². The summed E-state index contributed by atoms with van der Waals surface area (Å²) in [7, 11) is 0. The van der Waals surface area contributed by atoms with Crippen LogP contribution in [0.2, 0.25) is 5.02 Å². The Bertz CT molecular complexity index is 448. The zero-order valence-corrected chi connectivity index (χ0v) is 11.4. The Kier molecular flexibility index (Phi) is 4.90. The molecule has 0 heterocycles. The van der Waals surface area contributed by atoms with E-state index in [1.165, 1.54) is 0 Å². The number of halogens is 1. The summed E-state index contributed by atoms with van der Waals surface area (Å²) in [5.41, 5.74) is 6.94. The number of amides is 1. The maximum atomic E-state index is 12.1. The summed E-state index contributed by atoms with van der Waals surface area (Å²) in [5, 5.41) is 0.652. The van der Waals surface area contributed by atoms with E-state index in [-0.39, 0.29) is 5.91 Å². The van der Waals surface area contributed by atoms with Crippen molar-refractivity contribution in [3.05, 3.63) is 34.3 Å². The Hall–Kier alpha value is -1.13. The molecule has 0 radical (unpaired) electrons. The van der Waals surface area contributed by atoms with Crippen molar-refractivity contribution in [2.24, 2.45) is 5.73 Å². The summed E-state index contributed by atoms with van der Waals surface area (Å²) in [6.45, 7) is 4.62. The first kappa shape index (κ1) is 13.9. The number of nitrogens with zero attached hydrogens (tertiary/aromatic N) is 1. The molecule has 0 aliphatic carbocycles. The van der Waals surface area contributed by atoms with E-state index < -0.39 is 0 Å². The lowest BCUT2D eigenvalue weighted by Crippen LogP contribution is -2.37. The van der Waals surface area contributed by atoms with Crippen LogP contribution in [0.4, 0.5) is 0 Å². The number of aryl methyl sites for hydroxylation is 1. The average molecular weight is 271 g/mol. The van der Waals surface area contributed by atoms with E-state index in [1.807, 2.05) is 13.8 Å². The smallest absolute Gasteiger partial charge is 0.254 e. The third-order valence-corrected chi connectivity index (χ3v) is 2.97. The van der Waals surface area contributed by atoms with Gasteiger partial charge in [-0.25, -0.2) is 0 Å². The Morgan fingerprint density at radius 3 is 2.65 bits per heavy atom. The van der Waals surface area contributed by atoms with Crippen LogP contribution in [-0.4, -0.2) is 28.9 Å². The quantitative estimate of drug-likeness (QED) is 0.855. The van der Waals surface area contributed by atoms with E-state index in [1.54, 1.807) is 23.1 Å². The highest BCUT2D eigenvalue weighted by atomic mass is 35.5. The summed E-state index contributed by atoms with van der Waals surface area (Å²) in [5.74, 6) is -0.0833. The largest absolute Gasteiger partial charge is 0.392 e. The van der Waals surface area contributed by atoms with Crippen LogP contribution in [0, 0.1) is 6.92 Å². The molecule has 0 fully saturated rings. The second-order valence-electron chi connectivity index (χ2n) is 3.75. The van der Waals surface area contributed by atoms with Crippen molar-refractivity contribution >= 4 is 34.7 Å². The van der Waals surface area contributed by atoms with Gasteiger partial charge in [-0.15, -0.1) is 0 Å². The van der Waals surface area contributed by atoms with E-state index in [9.17, 15) is 4.79 Å². The van der Waals surface area contributed by atoms with Crippen LogP contribution >= 0.6 is 23.8 Å². The molecule has 5 heteroatoms. The molecule has 0 saturated carbocycles. The summed E-state index contributed by atoms with van der Waals surface area (Å²) < 4.78 is 0. The van der Waals surface area contributed by atoms with Crippen LogP contribution in [0.15, 0.2) is 18.2 Å². The molecular weight excluding hydrogens is 256 g/mol. The van der Waals surface area contributed by atoms with Gasteiger partial charge in [0.05, 0.1) is 11.5 Å². The minimum Gasteiger partial charge on any atom is -0.392 e. The van der Waals surface area contributed by atoms with E-state index in [0.29, 0.717) is 28.7 Å². The molecular formula is C12H15ClN2OS. The fraction of sp³-hybridized carbons (Fsp3) is 0.333. The number of carbonyl (C=O) groups is 1. The van der Waals surface area contributed by atoms with Crippen molar-refractivity contribution in [1.82, 2.24) is 4.90 Å². The van der Waals surface area contributed by atoms with Gasteiger partial charge in [-0.2, -0.15) is 0 Å². The second kappa shape index (κ2) is 5.98. The van der Waals surface area contributed by atoms with E-state index in [4.69, 9.17) is 29.6 Å². The molecule has 17 heavy (non-hydrogen) atoms. The zero-order chi connectivity index (χ0) is 13.0. The molecule has 0 unspecified atom stereocenters. The highest BCUT2D eigenvalue weighted by molar-refractivity contribution is 7.80. The summed E-state index contributed by atoms with van der Waals surface area (Å²) >= 11 is 10.7. The molecule has 2 N–H and O–H groups in total. The topological polar surface area (TPSA) is 46.3 Å². The molecule has 1 amide bonds. The Labute approximate surface area is 112 Å².